The predicted octanol–water partition coefficient (Wildman–Crippen LogP) is 3.16. The lowest BCUT2D eigenvalue weighted by atomic mass is 10.0. The van der Waals surface area contributed by atoms with Gasteiger partial charge < -0.3 is 9.52 Å². The summed E-state index contributed by atoms with van der Waals surface area (Å²) >= 11 is 0. The van der Waals surface area contributed by atoms with Gasteiger partial charge in [0.1, 0.15) is 5.58 Å². The maximum atomic E-state index is 12.5. The summed E-state index contributed by atoms with van der Waals surface area (Å²) in [5, 5.41) is 9.43. The SMILES string of the molecule is CC(C)c1ccc2oc3cc(C(=O)O)cnc3c(=O)c2c1. The second kappa shape index (κ2) is 4.70. The summed E-state index contributed by atoms with van der Waals surface area (Å²) in [6, 6.07) is 6.76. The van der Waals surface area contributed by atoms with Crippen LogP contribution >= 0.6 is 0 Å². The molecule has 0 radical (unpaired) electrons. The molecule has 2 heterocycles. The maximum absolute atomic E-state index is 12.5. The van der Waals surface area contributed by atoms with Crippen LogP contribution in [0.5, 0.6) is 0 Å². The molecule has 3 rings (SSSR count). The number of nitrogens with zero attached hydrogens (tertiary/aromatic N) is 1. The van der Waals surface area contributed by atoms with Crippen LogP contribution in [-0.4, -0.2) is 16.1 Å². The molecule has 0 aliphatic carbocycles. The summed E-state index contributed by atoms with van der Waals surface area (Å²) in [4.78, 5) is 27.4. The molecule has 0 aliphatic heterocycles. The number of benzene rings is 1. The van der Waals surface area contributed by atoms with E-state index in [1.54, 1.807) is 12.1 Å². The third-order valence-electron chi connectivity index (χ3n) is 3.45. The Balaban J connectivity index is 2.37. The van der Waals surface area contributed by atoms with E-state index >= 15 is 0 Å². The summed E-state index contributed by atoms with van der Waals surface area (Å²) in [6.45, 7) is 4.09. The average molecular weight is 283 g/mol. The van der Waals surface area contributed by atoms with Gasteiger partial charge in [-0.15, -0.1) is 0 Å². The molecular weight excluding hydrogens is 270 g/mol. The second-order valence-electron chi connectivity index (χ2n) is 5.22. The van der Waals surface area contributed by atoms with Gasteiger partial charge in [0.2, 0.25) is 5.43 Å². The van der Waals surface area contributed by atoms with Crippen LogP contribution in [0.4, 0.5) is 0 Å². The average Bonchev–Trinajstić information content (AvgIpc) is 2.46. The minimum Gasteiger partial charge on any atom is -0.478 e. The Labute approximate surface area is 119 Å². The number of carbonyl (C=O) groups is 1. The number of aromatic nitrogens is 1. The van der Waals surface area contributed by atoms with E-state index in [0.717, 1.165) is 5.56 Å². The molecule has 5 nitrogen and oxygen atoms in total. The molecule has 5 heteroatoms. The highest BCUT2D eigenvalue weighted by Gasteiger charge is 2.13. The van der Waals surface area contributed by atoms with Gasteiger partial charge in [-0.1, -0.05) is 19.9 Å². The lowest BCUT2D eigenvalue weighted by Gasteiger charge is -2.07. The number of hydrogen-bond acceptors (Lipinski definition) is 4. The van der Waals surface area contributed by atoms with E-state index in [9.17, 15) is 9.59 Å². The number of fused-ring (bicyclic) bond motifs is 2. The molecule has 1 aromatic carbocycles. The van der Waals surface area contributed by atoms with E-state index in [0.29, 0.717) is 16.9 Å². The monoisotopic (exact) mass is 283 g/mol. The van der Waals surface area contributed by atoms with Crippen LogP contribution in [0, 0.1) is 0 Å². The van der Waals surface area contributed by atoms with Crippen LogP contribution in [0.15, 0.2) is 39.7 Å². The van der Waals surface area contributed by atoms with Crippen molar-refractivity contribution in [3.63, 3.8) is 0 Å². The van der Waals surface area contributed by atoms with Gasteiger partial charge in [0.25, 0.3) is 0 Å². The first kappa shape index (κ1) is 13.3. The minimum atomic E-state index is -1.11. The number of hydrogen-bond donors (Lipinski definition) is 1. The molecule has 0 saturated heterocycles. The Hall–Kier alpha value is -2.69. The highest BCUT2D eigenvalue weighted by Crippen LogP contribution is 2.22. The molecule has 0 saturated carbocycles. The van der Waals surface area contributed by atoms with Gasteiger partial charge in [0, 0.05) is 6.20 Å². The minimum absolute atomic E-state index is 0.0104. The van der Waals surface area contributed by atoms with Crippen molar-refractivity contribution in [2.75, 3.05) is 0 Å². The molecule has 21 heavy (non-hydrogen) atoms. The van der Waals surface area contributed by atoms with Crippen LogP contribution in [0.1, 0.15) is 35.7 Å². The zero-order valence-electron chi connectivity index (χ0n) is 11.6. The van der Waals surface area contributed by atoms with Crippen molar-refractivity contribution in [2.45, 2.75) is 19.8 Å². The van der Waals surface area contributed by atoms with Gasteiger partial charge in [-0.05, 0) is 29.7 Å². The highest BCUT2D eigenvalue weighted by atomic mass is 16.4. The normalized spacial score (nSPS) is 11.4. The third kappa shape index (κ3) is 2.16. The van der Waals surface area contributed by atoms with Crippen LogP contribution in [0.3, 0.4) is 0 Å². The molecule has 0 unspecified atom stereocenters. The molecule has 0 fully saturated rings. The van der Waals surface area contributed by atoms with Crippen molar-refractivity contribution in [2.24, 2.45) is 0 Å². The van der Waals surface area contributed by atoms with Gasteiger partial charge in [0.05, 0.1) is 10.9 Å². The summed E-state index contributed by atoms with van der Waals surface area (Å²) < 4.78 is 5.63. The van der Waals surface area contributed by atoms with E-state index in [-0.39, 0.29) is 22.1 Å². The molecule has 0 atom stereocenters. The summed E-state index contributed by atoms with van der Waals surface area (Å²) in [5.41, 5.74) is 1.55. The quantitative estimate of drug-likeness (QED) is 0.731. The van der Waals surface area contributed by atoms with E-state index < -0.39 is 5.97 Å². The van der Waals surface area contributed by atoms with Gasteiger partial charge in [0.15, 0.2) is 11.1 Å². The van der Waals surface area contributed by atoms with Crippen molar-refractivity contribution in [3.8, 4) is 0 Å². The second-order valence-corrected chi connectivity index (χ2v) is 5.22. The molecule has 2 aromatic heterocycles. The Morgan fingerprint density at radius 3 is 2.67 bits per heavy atom. The van der Waals surface area contributed by atoms with Crippen molar-refractivity contribution in [1.82, 2.24) is 4.98 Å². The van der Waals surface area contributed by atoms with E-state index in [1.165, 1.54) is 12.3 Å². The van der Waals surface area contributed by atoms with Crippen molar-refractivity contribution < 1.29 is 14.3 Å². The maximum Gasteiger partial charge on any atom is 0.337 e. The summed E-state index contributed by atoms with van der Waals surface area (Å²) in [5.74, 6) is -0.811. The Morgan fingerprint density at radius 2 is 2.00 bits per heavy atom. The fraction of sp³-hybridized carbons (Fsp3) is 0.188. The van der Waals surface area contributed by atoms with Crippen LogP contribution < -0.4 is 5.43 Å². The fourth-order valence-corrected chi connectivity index (χ4v) is 2.23. The van der Waals surface area contributed by atoms with Crippen molar-refractivity contribution in [1.29, 1.82) is 0 Å². The lowest BCUT2D eigenvalue weighted by Crippen LogP contribution is -2.06. The molecule has 0 aliphatic rings. The molecule has 0 bridgehead atoms. The smallest absolute Gasteiger partial charge is 0.337 e. The molecule has 1 N–H and O–H groups in total. The van der Waals surface area contributed by atoms with Crippen molar-refractivity contribution in [3.05, 3.63) is 51.8 Å². The molecule has 0 spiro atoms. The first-order valence-corrected chi connectivity index (χ1v) is 6.57. The topological polar surface area (TPSA) is 80.4 Å². The summed E-state index contributed by atoms with van der Waals surface area (Å²) in [6.07, 6.45) is 1.17. The van der Waals surface area contributed by atoms with E-state index in [4.69, 9.17) is 9.52 Å². The molecule has 0 amide bonds. The number of rotatable bonds is 2. The molecule has 3 aromatic rings. The lowest BCUT2D eigenvalue weighted by molar-refractivity contribution is 0.0696. The van der Waals surface area contributed by atoms with E-state index in [1.807, 2.05) is 19.9 Å². The van der Waals surface area contributed by atoms with Gasteiger partial charge in [-0.25, -0.2) is 9.78 Å². The molecule has 106 valence electrons. The van der Waals surface area contributed by atoms with Gasteiger partial charge in [-0.2, -0.15) is 0 Å². The first-order chi connectivity index (χ1) is 9.97. The largest absolute Gasteiger partial charge is 0.478 e. The zero-order valence-corrected chi connectivity index (χ0v) is 11.6. The Bertz CT molecular complexity index is 925. The fourth-order valence-electron chi connectivity index (χ4n) is 2.23. The van der Waals surface area contributed by atoms with Crippen LogP contribution in [0.25, 0.3) is 22.1 Å². The standard InChI is InChI=1S/C16H13NO4/c1-8(2)9-3-4-12-11(5-9)15(18)14-13(21-12)6-10(7-17-14)16(19)20/h3-8H,1-2H3,(H,19,20). The van der Waals surface area contributed by atoms with Crippen molar-refractivity contribution >= 4 is 28.0 Å². The number of pyridine rings is 1. The Kier molecular flexibility index (Phi) is 2.97. The highest BCUT2D eigenvalue weighted by molar-refractivity contribution is 5.93. The van der Waals surface area contributed by atoms with E-state index in [2.05, 4.69) is 4.98 Å². The number of carboxylic acid groups (broad SMARTS) is 1. The van der Waals surface area contributed by atoms with Gasteiger partial charge in [-0.3, -0.25) is 4.79 Å². The number of carboxylic acids is 1. The van der Waals surface area contributed by atoms with Crippen LogP contribution in [-0.2, 0) is 0 Å². The van der Waals surface area contributed by atoms with Gasteiger partial charge >= 0.3 is 5.97 Å². The summed E-state index contributed by atoms with van der Waals surface area (Å²) in [7, 11) is 0. The Morgan fingerprint density at radius 1 is 1.24 bits per heavy atom. The number of aromatic carboxylic acids is 1. The third-order valence-corrected chi connectivity index (χ3v) is 3.45. The molecular formula is C16H13NO4. The zero-order chi connectivity index (χ0) is 15.1. The predicted molar refractivity (Wildman–Crippen MR) is 78.8 cm³/mol. The first-order valence-electron chi connectivity index (χ1n) is 6.57. The van der Waals surface area contributed by atoms with Crippen LogP contribution in [0.2, 0.25) is 0 Å².